The number of nitrogens with zero attached hydrogens (tertiary/aromatic N) is 1. The third kappa shape index (κ3) is 2.37. The van der Waals surface area contributed by atoms with E-state index in [1.54, 1.807) is 18.2 Å². The molecule has 0 bridgehead atoms. The molecule has 1 amide bonds. The second-order valence-corrected chi connectivity index (χ2v) is 5.62. The van der Waals surface area contributed by atoms with Gasteiger partial charge in [-0.05, 0) is 5.56 Å². The summed E-state index contributed by atoms with van der Waals surface area (Å²) in [5, 5.41) is 0. The van der Waals surface area contributed by atoms with Crippen LogP contribution in [0.15, 0.2) is 30.3 Å². The van der Waals surface area contributed by atoms with Crippen LogP contribution in [0.5, 0.6) is 0 Å². The Hall–Kier alpha value is -1.77. The highest BCUT2D eigenvalue weighted by Gasteiger charge is 2.55. The van der Waals surface area contributed by atoms with Gasteiger partial charge in [0.2, 0.25) is 0 Å². The summed E-state index contributed by atoms with van der Waals surface area (Å²) in [6.45, 7) is -0.690. The molecule has 0 saturated carbocycles. The molecule has 0 aromatic heterocycles. The average molecular weight is 295 g/mol. The zero-order chi connectivity index (χ0) is 14.3. The molecule has 1 unspecified atom stereocenters. The molecular weight excluding hydrogens is 287 g/mol. The topological polar surface area (TPSA) is 63.7 Å². The minimum Gasteiger partial charge on any atom is -0.439 e. The van der Waals surface area contributed by atoms with Gasteiger partial charge in [0.05, 0.1) is 6.54 Å². The van der Waals surface area contributed by atoms with E-state index >= 15 is 0 Å². The molecule has 9 heteroatoms. The third-order valence-electron chi connectivity index (χ3n) is 2.53. The van der Waals surface area contributed by atoms with Crippen molar-refractivity contribution in [2.45, 2.75) is 11.6 Å². The highest BCUT2D eigenvalue weighted by Crippen LogP contribution is 2.34. The number of rotatable bonds is 2. The van der Waals surface area contributed by atoms with Crippen LogP contribution < -0.4 is 0 Å². The van der Waals surface area contributed by atoms with Crippen molar-refractivity contribution >= 4 is 16.1 Å². The fraction of sp³-hybridized carbons (Fsp3) is 0.300. The van der Waals surface area contributed by atoms with Crippen molar-refractivity contribution in [2.75, 3.05) is 6.54 Å². The summed E-state index contributed by atoms with van der Waals surface area (Å²) in [5.74, 6) is 0. The Bertz CT molecular complexity index is 585. The zero-order valence-corrected chi connectivity index (χ0v) is 10.1. The van der Waals surface area contributed by atoms with Crippen LogP contribution in [0.4, 0.5) is 18.0 Å². The predicted molar refractivity (Wildman–Crippen MR) is 57.3 cm³/mol. The summed E-state index contributed by atoms with van der Waals surface area (Å²) in [6, 6.07) is 7.93. The van der Waals surface area contributed by atoms with Crippen LogP contribution in [0.3, 0.4) is 0 Å². The number of hydrogen-bond acceptors (Lipinski definition) is 4. The van der Waals surface area contributed by atoms with E-state index in [-0.39, 0.29) is 4.31 Å². The van der Waals surface area contributed by atoms with Crippen molar-refractivity contribution in [2.24, 2.45) is 0 Å². The highest BCUT2D eigenvalue weighted by molar-refractivity contribution is 7.90. The van der Waals surface area contributed by atoms with Crippen LogP contribution in [0, 0.1) is 0 Å². The number of ether oxygens (including phenoxy) is 1. The van der Waals surface area contributed by atoms with Crippen molar-refractivity contribution in [1.29, 1.82) is 0 Å². The summed E-state index contributed by atoms with van der Waals surface area (Å²) in [6.07, 6.45) is -2.56. The third-order valence-corrected chi connectivity index (χ3v) is 4.00. The van der Waals surface area contributed by atoms with Gasteiger partial charge in [-0.2, -0.15) is 25.9 Å². The normalized spacial score (nSPS) is 20.5. The molecule has 2 rings (SSSR count). The van der Waals surface area contributed by atoms with Gasteiger partial charge in [-0.1, -0.05) is 30.3 Å². The highest BCUT2D eigenvalue weighted by atomic mass is 32.2. The van der Waals surface area contributed by atoms with Crippen LogP contribution in [0.2, 0.25) is 0 Å². The van der Waals surface area contributed by atoms with Gasteiger partial charge in [-0.15, -0.1) is 0 Å². The van der Waals surface area contributed by atoms with E-state index in [9.17, 15) is 26.4 Å². The fourth-order valence-electron chi connectivity index (χ4n) is 1.61. The van der Waals surface area contributed by atoms with Gasteiger partial charge in [0.1, 0.15) is 6.10 Å². The molecule has 1 atom stereocenters. The minimum atomic E-state index is -5.71. The lowest BCUT2D eigenvalue weighted by molar-refractivity contribution is -0.0476. The lowest BCUT2D eigenvalue weighted by atomic mass is 10.1. The van der Waals surface area contributed by atoms with Crippen molar-refractivity contribution in [3.8, 4) is 0 Å². The van der Waals surface area contributed by atoms with Gasteiger partial charge in [0.25, 0.3) is 0 Å². The Balaban J connectivity index is 2.27. The molecular formula is C10H8F3NO4S. The van der Waals surface area contributed by atoms with Crippen LogP contribution in [-0.2, 0) is 14.8 Å². The monoisotopic (exact) mass is 295 g/mol. The summed E-state index contributed by atoms with van der Waals surface area (Å²) < 4.78 is 63.7. The number of halogens is 3. The molecule has 1 aromatic carbocycles. The summed E-state index contributed by atoms with van der Waals surface area (Å²) in [5.41, 5.74) is -5.10. The molecule has 1 aliphatic rings. The van der Waals surface area contributed by atoms with E-state index < -0.39 is 34.3 Å². The maximum absolute atomic E-state index is 12.4. The Kier molecular flexibility index (Phi) is 3.17. The van der Waals surface area contributed by atoms with Crippen LogP contribution in [-0.4, -0.2) is 30.9 Å². The van der Waals surface area contributed by atoms with E-state index in [1.165, 1.54) is 12.1 Å². The maximum Gasteiger partial charge on any atom is 0.516 e. The SMILES string of the molecule is O=C1OC(c2ccccc2)CN1S(=O)(=O)C(F)(F)F. The van der Waals surface area contributed by atoms with E-state index in [0.717, 1.165) is 0 Å². The second kappa shape index (κ2) is 4.41. The van der Waals surface area contributed by atoms with Crippen molar-refractivity contribution in [3.05, 3.63) is 35.9 Å². The molecule has 0 radical (unpaired) electrons. The van der Waals surface area contributed by atoms with Crippen molar-refractivity contribution in [3.63, 3.8) is 0 Å². The van der Waals surface area contributed by atoms with E-state index in [1.807, 2.05) is 0 Å². The molecule has 1 fully saturated rings. The molecule has 5 nitrogen and oxygen atoms in total. The van der Waals surface area contributed by atoms with E-state index in [2.05, 4.69) is 4.74 Å². The summed E-state index contributed by atoms with van der Waals surface area (Å²) in [4.78, 5) is 11.3. The first-order valence-electron chi connectivity index (χ1n) is 5.08. The van der Waals surface area contributed by atoms with E-state index in [0.29, 0.717) is 5.56 Å². The average Bonchev–Trinajstić information content (AvgIpc) is 2.71. The number of carbonyl (C=O) groups excluding carboxylic acids is 1. The van der Waals surface area contributed by atoms with Gasteiger partial charge in [0.15, 0.2) is 0 Å². The Labute approximate surface area is 106 Å². The number of carbonyl (C=O) groups is 1. The van der Waals surface area contributed by atoms with Gasteiger partial charge in [-0.25, -0.2) is 4.79 Å². The predicted octanol–water partition coefficient (Wildman–Crippen LogP) is 2.03. The molecule has 0 spiro atoms. The number of benzene rings is 1. The van der Waals surface area contributed by atoms with E-state index in [4.69, 9.17) is 0 Å². The fourth-order valence-corrected chi connectivity index (χ4v) is 2.43. The summed E-state index contributed by atoms with van der Waals surface area (Å²) >= 11 is 0. The molecule has 104 valence electrons. The molecule has 1 aromatic rings. The maximum atomic E-state index is 12.4. The first-order chi connectivity index (χ1) is 8.73. The van der Waals surface area contributed by atoms with Crippen LogP contribution in [0.1, 0.15) is 11.7 Å². The Morgan fingerprint density at radius 1 is 1.21 bits per heavy atom. The Morgan fingerprint density at radius 3 is 2.32 bits per heavy atom. The molecule has 19 heavy (non-hydrogen) atoms. The largest absolute Gasteiger partial charge is 0.516 e. The molecule has 0 aliphatic carbocycles. The number of sulfonamides is 1. The standard InChI is InChI=1S/C10H8F3NO4S/c11-10(12,13)19(16,17)14-6-8(18-9(14)15)7-4-2-1-3-5-7/h1-5,8H,6H2. The van der Waals surface area contributed by atoms with Crippen LogP contribution in [0.25, 0.3) is 0 Å². The van der Waals surface area contributed by atoms with Crippen molar-refractivity contribution in [1.82, 2.24) is 4.31 Å². The first kappa shape index (κ1) is 13.7. The Morgan fingerprint density at radius 2 is 1.79 bits per heavy atom. The lowest BCUT2D eigenvalue weighted by Crippen LogP contribution is -2.41. The summed E-state index contributed by atoms with van der Waals surface area (Å²) in [7, 11) is -5.71. The van der Waals surface area contributed by atoms with Gasteiger partial charge in [-0.3, -0.25) is 0 Å². The first-order valence-corrected chi connectivity index (χ1v) is 6.52. The number of amides is 1. The molecule has 1 heterocycles. The minimum absolute atomic E-state index is 0.301. The number of cyclic esters (lactones) is 1. The van der Waals surface area contributed by atoms with Crippen molar-refractivity contribution < 1.29 is 31.1 Å². The molecule has 0 N–H and O–H groups in total. The number of alkyl halides is 3. The molecule has 1 aliphatic heterocycles. The van der Waals surface area contributed by atoms with Gasteiger partial charge in [0, 0.05) is 0 Å². The number of hydrogen-bond donors (Lipinski definition) is 0. The molecule has 1 saturated heterocycles. The quantitative estimate of drug-likeness (QED) is 0.837. The van der Waals surface area contributed by atoms with Gasteiger partial charge >= 0.3 is 21.6 Å². The lowest BCUT2D eigenvalue weighted by Gasteiger charge is -2.15. The van der Waals surface area contributed by atoms with Gasteiger partial charge < -0.3 is 4.74 Å². The smallest absolute Gasteiger partial charge is 0.439 e. The zero-order valence-electron chi connectivity index (χ0n) is 9.29. The second-order valence-electron chi connectivity index (χ2n) is 3.76. The van der Waals surface area contributed by atoms with Crippen LogP contribution >= 0.6 is 0 Å².